The summed E-state index contributed by atoms with van der Waals surface area (Å²) in [5.41, 5.74) is 5.76. The van der Waals surface area contributed by atoms with Gasteiger partial charge in [-0.1, -0.05) is 19.1 Å². The number of halogens is 1. The van der Waals surface area contributed by atoms with Gasteiger partial charge in [-0.05, 0) is 31.9 Å². The summed E-state index contributed by atoms with van der Waals surface area (Å²) in [6.45, 7) is 5.15. The predicted molar refractivity (Wildman–Crippen MR) is 58.4 cm³/mol. The van der Waals surface area contributed by atoms with Gasteiger partial charge in [-0.25, -0.2) is 4.39 Å². The lowest BCUT2D eigenvalue weighted by Gasteiger charge is -2.20. The molecule has 0 heterocycles. The number of hydrogen-bond acceptors (Lipinski definition) is 2. The number of ketones is 1. The van der Waals surface area contributed by atoms with Crippen molar-refractivity contribution in [2.45, 2.75) is 32.7 Å². The maximum Gasteiger partial charge on any atom is 0.182 e. The van der Waals surface area contributed by atoms with Gasteiger partial charge in [0, 0.05) is 5.56 Å². The molecule has 3 heteroatoms. The fraction of sp³-hybridized carbons (Fsp3) is 0.417. The molecule has 0 aromatic heterocycles. The molecule has 15 heavy (non-hydrogen) atoms. The zero-order chi connectivity index (χ0) is 11.6. The van der Waals surface area contributed by atoms with Crippen molar-refractivity contribution < 1.29 is 9.18 Å². The molecule has 82 valence electrons. The van der Waals surface area contributed by atoms with Crippen molar-refractivity contribution in [3.63, 3.8) is 0 Å². The highest BCUT2D eigenvalue weighted by atomic mass is 19.1. The summed E-state index contributed by atoms with van der Waals surface area (Å²) in [4.78, 5) is 11.9. The molecule has 1 aromatic carbocycles. The molecule has 2 N–H and O–H groups in total. The molecule has 2 nitrogen and oxygen atoms in total. The topological polar surface area (TPSA) is 43.1 Å². The van der Waals surface area contributed by atoms with Crippen LogP contribution in [0.5, 0.6) is 0 Å². The van der Waals surface area contributed by atoms with Crippen molar-refractivity contribution in [3.8, 4) is 0 Å². The average molecular weight is 209 g/mol. The van der Waals surface area contributed by atoms with E-state index in [1.807, 2.05) is 6.92 Å². The van der Waals surface area contributed by atoms with Crippen molar-refractivity contribution in [2.75, 3.05) is 0 Å². The molecule has 0 radical (unpaired) electrons. The highest BCUT2D eigenvalue weighted by Crippen LogP contribution is 2.16. The van der Waals surface area contributed by atoms with Gasteiger partial charge in [-0.2, -0.15) is 0 Å². The van der Waals surface area contributed by atoms with Crippen LogP contribution in [0, 0.1) is 12.7 Å². The number of carbonyl (C=O) groups excluding carboxylic acids is 1. The zero-order valence-corrected chi connectivity index (χ0v) is 9.30. The SMILES string of the molecule is CCC(C)(N)C(=O)c1ccc(C)c(F)c1. The van der Waals surface area contributed by atoms with Crippen LogP contribution in [0.2, 0.25) is 0 Å². The Hall–Kier alpha value is -1.22. The molecule has 0 spiro atoms. The van der Waals surface area contributed by atoms with E-state index >= 15 is 0 Å². The smallest absolute Gasteiger partial charge is 0.182 e. The van der Waals surface area contributed by atoms with E-state index in [1.165, 1.54) is 6.07 Å². The van der Waals surface area contributed by atoms with Crippen molar-refractivity contribution in [1.82, 2.24) is 0 Å². The third kappa shape index (κ3) is 2.42. The average Bonchev–Trinajstić information content (AvgIpc) is 2.21. The lowest BCUT2D eigenvalue weighted by molar-refractivity contribution is 0.0897. The van der Waals surface area contributed by atoms with Gasteiger partial charge < -0.3 is 5.73 Å². The minimum atomic E-state index is -0.915. The molecule has 0 fully saturated rings. The number of hydrogen-bond donors (Lipinski definition) is 1. The van der Waals surface area contributed by atoms with Gasteiger partial charge in [0.1, 0.15) is 5.82 Å². The summed E-state index contributed by atoms with van der Waals surface area (Å²) in [7, 11) is 0. The van der Waals surface area contributed by atoms with Crippen LogP contribution in [0.3, 0.4) is 0 Å². The number of nitrogens with two attached hydrogens (primary N) is 1. The van der Waals surface area contributed by atoms with E-state index in [4.69, 9.17) is 5.73 Å². The molecule has 1 rings (SSSR count). The van der Waals surface area contributed by atoms with Gasteiger partial charge in [-0.3, -0.25) is 4.79 Å². The third-order valence-electron chi connectivity index (χ3n) is 2.69. The van der Waals surface area contributed by atoms with Gasteiger partial charge in [0.2, 0.25) is 0 Å². The van der Waals surface area contributed by atoms with Gasteiger partial charge in [0.25, 0.3) is 0 Å². The Morgan fingerprint density at radius 3 is 2.60 bits per heavy atom. The lowest BCUT2D eigenvalue weighted by Crippen LogP contribution is -2.44. The minimum absolute atomic E-state index is 0.219. The second-order valence-corrected chi connectivity index (χ2v) is 4.06. The minimum Gasteiger partial charge on any atom is -0.319 e. The van der Waals surface area contributed by atoms with Gasteiger partial charge in [0.15, 0.2) is 5.78 Å². The van der Waals surface area contributed by atoms with Gasteiger partial charge >= 0.3 is 0 Å². The van der Waals surface area contributed by atoms with Crippen LogP contribution in [-0.4, -0.2) is 11.3 Å². The summed E-state index contributed by atoms with van der Waals surface area (Å²) in [5.74, 6) is -0.586. The van der Waals surface area contributed by atoms with Crippen molar-refractivity contribution in [3.05, 3.63) is 35.1 Å². The van der Waals surface area contributed by atoms with Crippen LogP contribution in [-0.2, 0) is 0 Å². The molecule has 0 bridgehead atoms. The van der Waals surface area contributed by atoms with Crippen LogP contribution in [0.1, 0.15) is 36.2 Å². The normalized spacial score (nSPS) is 14.7. The van der Waals surface area contributed by atoms with E-state index in [0.29, 0.717) is 17.5 Å². The van der Waals surface area contributed by atoms with Crippen LogP contribution in [0.15, 0.2) is 18.2 Å². The first-order valence-electron chi connectivity index (χ1n) is 4.98. The third-order valence-corrected chi connectivity index (χ3v) is 2.69. The zero-order valence-electron chi connectivity index (χ0n) is 9.30. The number of Topliss-reactive ketones (excluding diaryl/α,β-unsaturated/α-hetero) is 1. The Bertz CT molecular complexity index is 385. The highest BCUT2D eigenvalue weighted by Gasteiger charge is 2.27. The Balaban J connectivity index is 3.08. The Kier molecular flexibility index (Phi) is 3.25. The number of benzene rings is 1. The fourth-order valence-electron chi connectivity index (χ4n) is 1.22. The molecule has 0 amide bonds. The lowest BCUT2D eigenvalue weighted by atomic mass is 9.89. The van der Waals surface area contributed by atoms with Crippen LogP contribution >= 0.6 is 0 Å². The maximum atomic E-state index is 13.2. The Morgan fingerprint density at radius 1 is 1.53 bits per heavy atom. The molecule has 0 saturated carbocycles. The van der Waals surface area contributed by atoms with E-state index in [-0.39, 0.29) is 11.6 Å². The van der Waals surface area contributed by atoms with Crippen molar-refractivity contribution >= 4 is 5.78 Å². The highest BCUT2D eigenvalue weighted by molar-refractivity contribution is 6.02. The number of carbonyl (C=O) groups is 1. The molecule has 1 atom stereocenters. The summed E-state index contributed by atoms with van der Waals surface area (Å²) >= 11 is 0. The Morgan fingerprint density at radius 2 is 2.13 bits per heavy atom. The summed E-state index contributed by atoms with van der Waals surface area (Å²) in [5, 5.41) is 0. The first-order valence-corrected chi connectivity index (χ1v) is 4.98. The van der Waals surface area contributed by atoms with Crippen LogP contribution in [0.25, 0.3) is 0 Å². The molecule has 0 saturated heterocycles. The van der Waals surface area contributed by atoms with E-state index in [9.17, 15) is 9.18 Å². The predicted octanol–water partition coefficient (Wildman–Crippen LogP) is 2.44. The van der Waals surface area contributed by atoms with Crippen molar-refractivity contribution in [2.24, 2.45) is 5.73 Å². The van der Waals surface area contributed by atoms with E-state index < -0.39 is 5.54 Å². The molecular weight excluding hydrogens is 193 g/mol. The first-order chi connectivity index (χ1) is 6.88. The molecule has 1 aromatic rings. The standard InChI is InChI=1S/C12H16FNO/c1-4-12(3,14)11(15)9-6-5-8(2)10(13)7-9/h5-7H,4,14H2,1-3H3. The summed E-state index contributed by atoms with van der Waals surface area (Å²) < 4.78 is 13.2. The van der Waals surface area contributed by atoms with Gasteiger partial charge in [0.05, 0.1) is 5.54 Å². The van der Waals surface area contributed by atoms with Crippen LogP contribution < -0.4 is 5.73 Å². The van der Waals surface area contributed by atoms with E-state index in [2.05, 4.69) is 0 Å². The number of aryl methyl sites for hydroxylation is 1. The van der Waals surface area contributed by atoms with E-state index in [0.717, 1.165) is 0 Å². The van der Waals surface area contributed by atoms with E-state index in [1.54, 1.807) is 26.0 Å². The fourth-order valence-corrected chi connectivity index (χ4v) is 1.22. The molecule has 0 aliphatic carbocycles. The second-order valence-electron chi connectivity index (χ2n) is 4.06. The van der Waals surface area contributed by atoms with Crippen LogP contribution in [0.4, 0.5) is 4.39 Å². The summed E-state index contributed by atoms with van der Waals surface area (Å²) in [6.07, 6.45) is 0.529. The molecule has 1 unspecified atom stereocenters. The quantitative estimate of drug-likeness (QED) is 0.777. The first kappa shape index (κ1) is 11.9. The maximum absolute atomic E-state index is 13.2. The number of rotatable bonds is 3. The molecule has 0 aliphatic rings. The summed E-state index contributed by atoms with van der Waals surface area (Å²) in [6, 6.07) is 4.45. The molecule has 0 aliphatic heterocycles. The second kappa shape index (κ2) is 4.11. The largest absolute Gasteiger partial charge is 0.319 e. The molecular formula is C12H16FNO. The van der Waals surface area contributed by atoms with Crippen molar-refractivity contribution in [1.29, 1.82) is 0 Å². The monoisotopic (exact) mass is 209 g/mol. The Labute approximate surface area is 89.3 Å². The van der Waals surface area contributed by atoms with Gasteiger partial charge in [-0.15, -0.1) is 0 Å².